The lowest BCUT2D eigenvalue weighted by atomic mass is 9.81. The fraction of sp³-hybridized carbons (Fsp3) is 0.474. The second kappa shape index (κ2) is 6.64. The molecular formula is C19H20N6O4. The smallest absolute Gasteiger partial charge is 0.244 e. The molecule has 1 aromatic carbocycles. The number of amides is 3. The van der Waals surface area contributed by atoms with Crippen molar-refractivity contribution in [3.63, 3.8) is 0 Å². The van der Waals surface area contributed by atoms with Gasteiger partial charge >= 0.3 is 0 Å². The molecule has 3 amide bonds. The summed E-state index contributed by atoms with van der Waals surface area (Å²) in [7, 11) is 1.52. The number of aromatic nitrogens is 4. The Balaban J connectivity index is 1.31. The Morgan fingerprint density at radius 2 is 1.93 bits per heavy atom. The number of imide groups is 1. The number of benzene rings is 1. The summed E-state index contributed by atoms with van der Waals surface area (Å²) in [5, 5.41) is 13.8. The topological polar surface area (TPSA) is 119 Å². The number of fused-ring (bicyclic) bond motifs is 5. The molecule has 1 aromatic heterocycles. The molecular weight excluding hydrogens is 376 g/mol. The number of likely N-dealkylation sites (tertiary alicyclic amines) is 1. The first kappa shape index (κ1) is 17.8. The molecule has 1 saturated heterocycles. The molecule has 10 heteroatoms. The molecule has 1 aliphatic heterocycles. The number of nitrogens with one attached hydrogen (secondary N) is 1. The zero-order valence-corrected chi connectivity index (χ0v) is 15.8. The van der Waals surface area contributed by atoms with Gasteiger partial charge in [-0.05, 0) is 59.7 Å². The van der Waals surface area contributed by atoms with Crippen LogP contribution in [-0.2, 0) is 14.4 Å². The van der Waals surface area contributed by atoms with Crippen molar-refractivity contribution in [1.29, 1.82) is 0 Å². The highest BCUT2D eigenvalue weighted by molar-refractivity contribution is 6.09. The van der Waals surface area contributed by atoms with Crippen molar-refractivity contribution in [2.24, 2.45) is 23.7 Å². The Kier molecular flexibility index (Phi) is 4.07. The maximum atomic E-state index is 12.8. The van der Waals surface area contributed by atoms with E-state index in [1.165, 1.54) is 18.1 Å². The van der Waals surface area contributed by atoms with Crippen LogP contribution in [0.2, 0.25) is 0 Å². The molecule has 2 saturated carbocycles. The van der Waals surface area contributed by atoms with Gasteiger partial charge in [-0.3, -0.25) is 19.3 Å². The average Bonchev–Trinajstić information content (AvgIpc) is 3.50. The summed E-state index contributed by atoms with van der Waals surface area (Å²) in [6.45, 7) is -0.268. The van der Waals surface area contributed by atoms with Crippen molar-refractivity contribution in [2.75, 3.05) is 19.0 Å². The van der Waals surface area contributed by atoms with E-state index < -0.39 is 5.91 Å². The second-order valence-corrected chi connectivity index (χ2v) is 7.84. The third-order valence-corrected chi connectivity index (χ3v) is 6.38. The Morgan fingerprint density at radius 3 is 2.55 bits per heavy atom. The van der Waals surface area contributed by atoms with Gasteiger partial charge in [0.15, 0.2) is 0 Å². The molecule has 10 nitrogen and oxygen atoms in total. The van der Waals surface area contributed by atoms with Crippen molar-refractivity contribution in [3.05, 3.63) is 24.5 Å². The minimum atomic E-state index is -0.424. The van der Waals surface area contributed by atoms with Crippen LogP contribution in [0.5, 0.6) is 5.75 Å². The van der Waals surface area contributed by atoms with Crippen molar-refractivity contribution in [2.45, 2.75) is 19.3 Å². The third kappa shape index (κ3) is 2.78. The largest absolute Gasteiger partial charge is 0.494 e. The van der Waals surface area contributed by atoms with Crippen LogP contribution in [0.4, 0.5) is 5.69 Å². The average molecular weight is 396 g/mol. The number of hydrogen-bond donors (Lipinski definition) is 1. The van der Waals surface area contributed by atoms with E-state index in [4.69, 9.17) is 4.74 Å². The normalized spacial score (nSPS) is 27.4. The molecule has 5 rings (SSSR count). The highest BCUT2D eigenvalue weighted by atomic mass is 16.5. The molecule has 0 radical (unpaired) electrons. The summed E-state index contributed by atoms with van der Waals surface area (Å²) < 4.78 is 6.72. The van der Waals surface area contributed by atoms with Gasteiger partial charge in [0.05, 0.1) is 18.9 Å². The number of hydrogen-bond acceptors (Lipinski definition) is 7. The number of methoxy groups -OCH3 is 1. The SMILES string of the molecule is COc1ccc(NC(=O)CN2C(=O)[C@@H]3[C@H]4CC[C@@H](C4)[C@@H]3C2=O)cc1-n1cnnn1. The monoisotopic (exact) mass is 396 g/mol. The van der Waals surface area contributed by atoms with Gasteiger partial charge in [-0.2, -0.15) is 4.68 Å². The lowest BCUT2D eigenvalue weighted by Crippen LogP contribution is -2.39. The summed E-state index contributed by atoms with van der Waals surface area (Å²) in [5.74, 6) is -0.110. The van der Waals surface area contributed by atoms with Crippen LogP contribution in [0.25, 0.3) is 5.69 Å². The quantitative estimate of drug-likeness (QED) is 0.737. The van der Waals surface area contributed by atoms with E-state index in [2.05, 4.69) is 20.8 Å². The van der Waals surface area contributed by atoms with Gasteiger partial charge in [-0.25, -0.2) is 0 Å². The van der Waals surface area contributed by atoms with Crippen molar-refractivity contribution in [3.8, 4) is 11.4 Å². The summed E-state index contributed by atoms with van der Waals surface area (Å²) in [6.07, 6.45) is 4.41. The molecule has 2 aliphatic carbocycles. The minimum absolute atomic E-state index is 0.188. The number of nitrogens with zero attached hydrogens (tertiary/aromatic N) is 5. The number of tetrazole rings is 1. The zero-order chi connectivity index (χ0) is 20.1. The molecule has 2 heterocycles. The maximum absolute atomic E-state index is 12.8. The van der Waals surface area contributed by atoms with Crippen LogP contribution in [0.1, 0.15) is 19.3 Å². The molecule has 29 heavy (non-hydrogen) atoms. The molecule has 1 N–H and O–H groups in total. The van der Waals surface area contributed by atoms with Gasteiger partial charge in [0.1, 0.15) is 24.3 Å². The van der Waals surface area contributed by atoms with Crippen LogP contribution < -0.4 is 10.1 Å². The van der Waals surface area contributed by atoms with Crippen LogP contribution in [-0.4, -0.2) is 56.5 Å². The Hall–Kier alpha value is -3.30. The third-order valence-electron chi connectivity index (χ3n) is 6.38. The number of carbonyl (C=O) groups excluding carboxylic acids is 3. The van der Waals surface area contributed by atoms with E-state index in [1.807, 2.05) is 0 Å². The molecule has 150 valence electrons. The Morgan fingerprint density at radius 1 is 1.21 bits per heavy atom. The van der Waals surface area contributed by atoms with E-state index in [1.54, 1.807) is 18.2 Å². The number of carbonyl (C=O) groups is 3. The second-order valence-electron chi connectivity index (χ2n) is 7.84. The Bertz CT molecular complexity index is 963. The van der Waals surface area contributed by atoms with Gasteiger partial charge in [0.25, 0.3) is 0 Å². The maximum Gasteiger partial charge on any atom is 0.244 e. The van der Waals surface area contributed by atoms with Gasteiger partial charge in [-0.15, -0.1) is 5.10 Å². The number of ether oxygens (including phenoxy) is 1. The van der Waals surface area contributed by atoms with E-state index in [0.717, 1.165) is 24.2 Å². The van der Waals surface area contributed by atoms with E-state index in [-0.39, 0.29) is 30.2 Å². The van der Waals surface area contributed by atoms with Gasteiger partial charge in [0.2, 0.25) is 17.7 Å². The molecule has 0 spiro atoms. The van der Waals surface area contributed by atoms with Crippen molar-refractivity contribution >= 4 is 23.4 Å². The first-order valence-electron chi connectivity index (χ1n) is 9.63. The van der Waals surface area contributed by atoms with Crippen LogP contribution in [0.15, 0.2) is 24.5 Å². The lowest BCUT2D eigenvalue weighted by molar-refractivity contribution is -0.143. The molecule has 3 aliphatic rings. The number of anilines is 1. The van der Waals surface area contributed by atoms with Crippen molar-refractivity contribution in [1.82, 2.24) is 25.1 Å². The highest BCUT2D eigenvalue weighted by Gasteiger charge is 2.60. The van der Waals surface area contributed by atoms with E-state index in [9.17, 15) is 14.4 Å². The van der Waals surface area contributed by atoms with Gasteiger partial charge in [-0.1, -0.05) is 0 Å². The molecule has 2 bridgehead atoms. The predicted octanol–water partition coefficient (Wildman–Crippen LogP) is 0.640. The Labute approximate surface area is 166 Å². The first-order chi connectivity index (χ1) is 14.1. The summed E-state index contributed by atoms with van der Waals surface area (Å²) in [6, 6.07) is 5.02. The van der Waals surface area contributed by atoms with Gasteiger partial charge in [0, 0.05) is 5.69 Å². The molecule has 0 unspecified atom stereocenters. The lowest BCUT2D eigenvalue weighted by Gasteiger charge is -2.19. The van der Waals surface area contributed by atoms with Crippen molar-refractivity contribution < 1.29 is 19.1 Å². The number of rotatable bonds is 5. The first-order valence-corrected chi connectivity index (χ1v) is 9.63. The van der Waals surface area contributed by atoms with Crippen LogP contribution >= 0.6 is 0 Å². The predicted molar refractivity (Wildman–Crippen MR) is 98.9 cm³/mol. The molecule has 2 aromatic rings. The van der Waals surface area contributed by atoms with E-state index in [0.29, 0.717) is 29.0 Å². The zero-order valence-electron chi connectivity index (χ0n) is 15.8. The summed E-state index contributed by atoms with van der Waals surface area (Å²) in [5.41, 5.74) is 1.04. The minimum Gasteiger partial charge on any atom is -0.494 e. The van der Waals surface area contributed by atoms with Crippen LogP contribution in [0, 0.1) is 23.7 Å². The van der Waals surface area contributed by atoms with E-state index >= 15 is 0 Å². The molecule has 3 fully saturated rings. The summed E-state index contributed by atoms with van der Waals surface area (Å²) >= 11 is 0. The highest BCUT2D eigenvalue weighted by Crippen LogP contribution is 2.56. The fourth-order valence-electron chi connectivity index (χ4n) is 5.19. The standard InChI is InChI=1S/C19H20N6O4/c1-29-14-5-4-12(7-13(14)25-9-20-22-23-25)21-15(26)8-24-18(27)16-10-2-3-11(6-10)17(16)19(24)28/h4-5,7,9-11,16-17H,2-3,6,8H2,1H3,(H,21,26)/t10-,11-,16-,17+/m0/s1. The van der Waals surface area contributed by atoms with Crippen LogP contribution in [0.3, 0.4) is 0 Å². The summed E-state index contributed by atoms with van der Waals surface area (Å²) in [4.78, 5) is 39.2. The van der Waals surface area contributed by atoms with Gasteiger partial charge < -0.3 is 10.1 Å². The molecule has 4 atom stereocenters. The fourth-order valence-corrected chi connectivity index (χ4v) is 5.19.